The van der Waals surface area contributed by atoms with Crippen molar-refractivity contribution in [1.29, 1.82) is 0 Å². The van der Waals surface area contributed by atoms with Gasteiger partial charge in [0.05, 0.1) is 36.1 Å². The molecule has 180 valence electrons. The Morgan fingerprint density at radius 1 is 1.18 bits per heavy atom. The zero-order valence-corrected chi connectivity index (χ0v) is 20.6. The van der Waals surface area contributed by atoms with Gasteiger partial charge in [-0.1, -0.05) is 0 Å². The van der Waals surface area contributed by atoms with Crippen LogP contribution >= 0.6 is 15.9 Å². The van der Waals surface area contributed by atoms with Crippen molar-refractivity contribution in [1.82, 2.24) is 25.2 Å². The average molecular weight is 530 g/mol. The van der Waals surface area contributed by atoms with Crippen molar-refractivity contribution in [2.75, 3.05) is 40.0 Å². The molecule has 3 aromatic heterocycles. The van der Waals surface area contributed by atoms with Crippen molar-refractivity contribution in [3.05, 3.63) is 46.3 Å². The fourth-order valence-corrected chi connectivity index (χ4v) is 5.02. The third kappa shape index (κ3) is 5.10. The van der Waals surface area contributed by atoms with Crippen LogP contribution in [-0.2, 0) is 6.54 Å². The van der Waals surface area contributed by atoms with Gasteiger partial charge in [-0.25, -0.2) is 4.98 Å². The molecule has 0 aliphatic carbocycles. The molecule has 0 saturated carbocycles. The summed E-state index contributed by atoms with van der Waals surface area (Å²) in [6, 6.07) is 5.99. The number of nitrogens with zero attached hydrogens (tertiary/aromatic N) is 4. The van der Waals surface area contributed by atoms with Crippen molar-refractivity contribution >= 4 is 27.0 Å². The van der Waals surface area contributed by atoms with E-state index in [9.17, 15) is 5.11 Å². The van der Waals surface area contributed by atoms with Gasteiger partial charge in [0.2, 0.25) is 5.88 Å². The van der Waals surface area contributed by atoms with Gasteiger partial charge in [-0.15, -0.1) is 0 Å². The van der Waals surface area contributed by atoms with Gasteiger partial charge < -0.3 is 29.5 Å². The van der Waals surface area contributed by atoms with Gasteiger partial charge in [0, 0.05) is 47.5 Å². The molecule has 0 aromatic carbocycles. The predicted molar refractivity (Wildman–Crippen MR) is 130 cm³/mol. The summed E-state index contributed by atoms with van der Waals surface area (Å²) >= 11 is 3.55. The van der Waals surface area contributed by atoms with Gasteiger partial charge in [-0.05, 0) is 47.9 Å². The van der Waals surface area contributed by atoms with E-state index in [-0.39, 0.29) is 0 Å². The number of β-amino-alcohol motifs (C(OH)–C–C–N with tert-alkyl or cyclic N) is 1. The van der Waals surface area contributed by atoms with Crippen molar-refractivity contribution < 1.29 is 19.3 Å². The monoisotopic (exact) mass is 529 g/mol. The topological polar surface area (TPSA) is 102 Å². The second kappa shape index (κ2) is 10.4. The van der Waals surface area contributed by atoms with Gasteiger partial charge in [0.1, 0.15) is 13.2 Å². The Hall–Kier alpha value is -2.53. The van der Waals surface area contributed by atoms with Gasteiger partial charge in [-0.2, -0.15) is 0 Å². The number of likely N-dealkylation sites (tertiary alicyclic amines) is 1. The van der Waals surface area contributed by atoms with Crippen LogP contribution in [0.1, 0.15) is 30.2 Å². The molecule has 2 aliphatic heterocycles. The largest absolute Gasteiger partial charge is 0.486 e. The number of nitrogens with one attached hydrogen (secondary N) is 1. The summed E-state index contributed by atoms with van der Waals surface area (Å²) in [6.07, 6.45) is 4.77. The highest BCUT2D eigenvalue weighted by molar-refractivity contribution is 9.10. The Morgan fingerprint density at radius 3 is 2.76 bits per heavy atom. The maximum absolute atomic E-state index is 11.1. The van der Waals surface area contributed by atoms with Gasteiger partial charge in [0.25, 0.3) is 0 Å². The summed E-state index contributed by atoms with van der Waals surface area (Å²) in [5.41, 5.74) is 3.08. The van der Waals surface area contributed by atoms with Crippen molar-refractivity contribution in [2.24, 2.45) is 0 Å². The summed E-state index contributed by atoms with van der Waals surface area (Å²) in [5.74, 6) is 1.98. The first-order valence-electron chi connectivity index (χ1n) is 11.5. The first kappa shape index (κ1) is 23.2. The number of aliphatic hydroxyl groups is 1. The molecule has 10 heteroatoms. The maximum Gasteiger partial charge on any atom is 0.213 e. The van der Waals surface area contributed by atoms with Crippen LogP contribution in [0.2, 0.25) is 0 Å². The van der Waals surface area contributed by atoms with E-state index in [1.807, 2.05) is 12.1 Å². The molecule has 1 unspecified atom stereocenters. The second-order valence-electron chi connectivity index (χ2n) is 8.53. The molecular weight excluding hydrogens is 502 g/mol. The number of fused-ring (bicyclic) bond motifs is 2. The van der Waals surface area contributed by atoms with Gasteiger partial charge in [-0.3, -0.25) is 9.97 Å². The third-order valence-corrected chi connectivity index (χ3v) is 6.93. The summed E-state index contributed by atoms with van der Waals surface area (Å²) in [5, 5.41) is 14.7. The van der Waals surface area contributed by atoms with Crippen LogP contribution in [0.15, 0.2) is 35.1 Å². The highest BCUT2D eigenvalue weighted by Crippen LogP contribution is 2.32. The Labute approximate surface area is 206 Å². The van der Waals surface area contributed by atoms with Crippen LogP contribution in [0.25, 0.3) is 11.0 Å². The zero-order valence-electron chi connectivity index (χ0n) is 19.0. The predicted octanol–water partition coefficient (Wildman–Crippen LogP) is 2.85. The summed E-state index contributed by atoms with van der Waals surface area (Å²) in [4.78, 5) is 15.7. The molecule has 1 atom stereocenters. The van der Waals surface area contributed by atoms with E-state index in [0.717, 1.165) is 52.9 Å². The normalized spacial score (nSPS) is 17.6. The molecule has 0 radical (unpaired) electrons. The molecule has 2 aliphatic rings. The summed E-state index contributed by atoms with van der Waals surface area (Å²) in [7, 11) is 1.58. The molecule has 9 nitrogen and oxygen atoms in total. The molecule has 2 N–H and O–H groups in total. The molecule has 34 heavy (non-hydrogen) atoms. The van der Waals surface area contributed by atoms with E-state index in [1.165, 1.54) is 0 Å². The Morgan fingerprint density at radius 2 is 1.97 bits per heavy atom. The Kier molecular flexibility index (Phi) is 7.10. The minimum Gasteiger partial charge on any atom is -0.486 e. The number of hydrogen-bond donors (Lipinski definition) is 2. The lowest BCUT2D eigenvalue weighted by Crippen LogP contribution is -2.43. The Balaban J connectivity index is 1.16. The number of rotatable bonds is 7. The molecule has 1 saturated heterocycles. The van der Waals surface area contributed by atoms with E-state index >= 15 is 0 Å². The van der Waals surface area contributed by atoms with E-state index in [0.29, 0.717) is 49.5 Å². The molecule has 0 spiro atoms. The lowest BCUT2D eigenvalue weighted by atomic mass is 10.0. The van der Waals surface area contributed by atoms with E-state index in [2.05, 4.69) is 41.1 Å². The van der Waals surface area contributed by atoms with Crippen molar-refractivity contribution in [3.8, 4) is 17.4 Å². The molecular formula is C24H28BrN5O4. The van der Waals surface area contributed by atoms with Gasteiger partial charge in [0.15, 0.2) is 11.5 Å². The zero-order chi connectivity index (χ0) is 23.5. The highest BCUT2D eigenvalue weighted by Gasteiger charge is 2.24. The average Bonchev–Trinajstić information content (AvgIpc) is 2.87. The second-order valence-corrected chi connectivity index (χ2v) is 9.39. The van der Waals surface area contributed by atoms with Crippen molar-refractivity contribution in [2.45, 2.75) is 31.5 Å². The van der Waals surface area contributed by atoms with Crippen LogP contribution in [0, 0.1) is 0 Å². The van der Waals surface area contributed by atoms with E-state index in [4.69, 9.17) is 14.2 Å². The molecule has 1 fully saturated rings. The third-order valence-electron chi connectivity index (χ3n) is 6.30. The van der Waals surface area contributed by atoms with E-state index < -0.39 is 6.10 Å². The summed E-state index contributed by atoms with van der Waals surface area (Å²) in [6.45, 7) is 4.17. The van der Waals surface area contributed by atoms with E-state index in [1.54, 1.807) is 25.6 Å². The highest BCUT2D eigenvalue weighted by atomic mass is 79.9. The number of aliphatic hydroxyl groups excluding tert-OH is 1. The minimum absolute atomic E-state index is 0.405. The first-order chi connectivity index (χ1) is 16.6. The minimum atomic E-state index is -0.689. The number of pyridine rings is 3. The fraction of sp³-hybridized carbons (Fsp3) is 0.458. The number of ether oxygens (including phenoxy) is 3. The smallest absolute Gasteiger partial charge is 0.213 e. The fourth-order valence-electron chi connectivity index (χ4n) is 4.47. The lowest BCUT2D eigenvalue weighted by molar-refractivity contribution is 0.0943. The number of halogens is 1. The number of methoxy groups -OCH3 is 1. The standard InChI is InChI=1S/C24H28BrN5O4/c1-32-22-3-2-18-24(29-22)23(17(25)12-28-18)19(31)14-30-6-4-15(5-7-30)26-11-16-10-20-21(13-27-16)34-9-8-33-20/h2-3,10,12-13,15,19,26,31H,4-9,11,14H2,1H3. The number of piperidine rings is 1. The van der Waals surface area contributed by atoms with Crippen LogP contribution in [0.3, 0.4) is 0 Å². The molecule has 5 rings (SSSR count). The first-order valence-corrected chi connectivity index (χ1v) is 12.3. The molecule has 0 bridgehead atoms. The molecule has 0 amide bonds. The van der Waals surface area contributed by atoms with Crippen molar-refractivity contribution in [3.63, 3.8) is 0 Å². The Bertz CT molecular complexity index is 1160. The molecule has 5 heterocycles. The molecule has 3 aromatic rings. The quantitative estimate of drug-likeness (QED) is 0.478. The lowest BCUT2D eigenvalue weighted by Gasteiger charge is -2.33. The summed E-state index contributed by atoms with van der Waals surface area (Å²) < 4.78 is 17.2. The van der Waals surface area contributed by atoms with Crippen LogP contribution in [0.5, 0.6) is 17.4 Å². The number of aromatic nitrogens is 3. The SMILES string of the molecule is COc1ccc2ncc(Br)c(C(O)CN3CCC(NCc4cc5c(cn4)OCCO5)CC3)c2n1. The van der Waals surface area contributed by atoms with Gasteiger partial charge >= 0.3 is 0 Å². The maximum atomic E-state index is 11.1. The number of hydrogen-bond acceptors (Lipinski definition) is 9. The van der Waals surface area contributed by atoms with Crippen LogP contribution in [0.4, 0.5) is 0 Å². The van der Waals surface area contributed by atoms with Crippen LogP contribution < -0.4 is 19.5 Å². The van der Waals surface area contributed by atoms with Crippen LogP contribution in [-0.4, -0.2) is 71.0 Å².